The summed E-state index contributed by atoms with van der Waals surface area (Å²) in [7, 11) is 0. The second kappa shape index (κ2) is 9.27. The molecule has 1 saturated carbocycles. The molecule has 1 amide bonds. The zero-order valence-corrected chi connectivity index (χ0v) is 19.6. The maximum atomic E-state index is 13.6. The van der Waals surface area contributed by atoms with Crippen molar-refractivity contribution in [1.29, 1.82) is 0 Å². The molecule has 3 atom stereocenters. The maximum absolute atomic E-state index is 13.6. The van der Waals surface area contributed by atoms with E-state index in [0.29, 0.717) is 18.4 Å². The topological polar surface area (TPSA) is 32.8 Å². The van der Waals surface area contributed by atoms with E-state index in [1.807, 2.05) is 11.0 Å². The Hall–Kier alpha value is -3.11. The molecule has 3 aliphatic rings. The van der Waals surface area contributed by atoms with Crippen LogP contribution in [0.2, 0.25) is 0 Å². The second-order valence-corrected chi connectivity index (χ2v) is 10.1. The Morgan fingerprint density at radius 1 is 0.824 bits per heavy atom. The van der Waals surface area contributed by atoms with Crippen LogP contribution in [0, 0.1) is 11.8 Å². The molecular weight excluding hydrogens is 420 g/mol. The Morgan fingerprint density at radius 2 is 1.47 bits per heavy atom. The standard InChI is InChI=1S/C30H32N2O2/c33-30(32-18-17-23-11-7-8-14-27(23)28(32)24-12-5-2-6-13-24)34-29-25-15-16-26(29)21-31(20-25)19-22-9-3-1-4-10-22/h1-14,25-26,28-29H,15-21H2. The van der Waals surface area contributed by atoms with Crippen LogP contribution in [-0.4, -0.2) is 41.6 Å². The number of carbonyl (C=O) groups excluding carboxylic acids is 1. The molecule has 0 aromatic heterocycles. The summed E-state index contributed by atoms with van der Waals surface area (Å²) >= 11 is 0. The van der Waals surface area contributed by atoms with E-state index in [2.05, 4.69) is 83.8 Å². The van der Waals surface area contributed by atoms with Crippen LogP contribution in [0.25, 0.3) is 0 Å². The van der Waals surface area contributed by atoms with E-state index >= 15 is 0 Å². The van der Waals surface area contributed by atoms with Gasteiger partial charge in [-0.25, -0.2) is 4.79 Å². The number of nitrogens with zero attached hydrogens (tertiary/aromatic N) is 2. The van der Waals surface area contributed by atoms with Crippen LogP contribution in [-0.2, 0) is 17.7 Å². The Morgan fingerprint density at radius 3 is 2.21 bits per heavy atom. The summed E-state index contributed by atoms with van der Waals surface area (Å²) in [5.74, 6) is 0.859. The van der Waals surface area contributed by atoms with Gasteiger partial charge in [-0.15, -0.1) is 0 Å². The molecule has 174 valence electrons. The fraction of sp³-hybridized carbons (Fsp3) is 0.367. The predicted octanol–water partition coefficient (Wildman–Crippen LogP) is 5.68. The van der Waals surface area contributed by atoms with Crippen molar-refractivity contribution in [2.75, 3.05) is 19.6 Å². The van der Waals surface area contributed by atoms with Crippen molar-refractivity contribution in [3.8, 4) is 0 Å². The van der Waals surface area contributed by atoms with Crippen LogP contribution < -0.4 is 0 Å². The van der Waals surface area contributed by atoms with E-state index in [0.717, 1.165) is 44.5 Å². The lowest BCUT2D eigenvalue weighted by atomic mass is 9.88. The Balaban J connectivity index is 1.19. The van der Waals surface area contributed by atoms with Crippen molar-refractivity contribution < 1.29 is 9.53 Å². The van der Waals surface area contributed by atoms with Crippen molar-refractivity contribution in [1.82, 2.24) is 9.80 Å². The van der Waals surface area contributed by atoms with Crippen LogP contribution in [0.4, 0.5) is 4.79 Å². The van der Waals surface area contributed by atoms with Gasteiger partial charge in [0.05, 0.1) is 6.04 Å². The minimum Gasteiger partial charge on any atom is -0.445 e. The lowest BCUT2D eigenvalue weighted by Crippen LogP contribution is -2.49. The Labute approximate surface area is 202 Å². The molecule has 2 heterocycles. The number of ether oxygens (including phenoxy) is 1. The molecule has 2 fully saturated rings. The summed E-state index contributed by atoms with van der Waals surface area (Å²) in [4.78, 5) is 18.2. The molecule has 0 N–H and O–H groups in total. The largest absolute Gasteiger partial charge is 0.445 e. The predicted molar refractivity (Wildman–Crippen MR) is 133 cm³/mol. The number of amides is 1. The van der Waals surface area contributed by atoms with Gasteiger partial charge in [-0.2, -0.15) is 0 Å². The number of carbonyl (C=O) groups is 1. The van der Waals surface area contributed by atoms with Crippen molar-refractivity contribution in [2.45, 2.75) is 38.0 Å². The molecule has 0 spiro atoms. The van der Waals surface area contributed by atoms with E-state index in [9.17, 15) is 4.79 Å². The fourth-order valence-corrected chi connectivity index (χ4v) is 6.38. The van der Waals surface area contributed by atoms with E-state index in [1.54, 1.807) is 0 Å². The van der Waals surface area contributed by atoms with Gasteiger partial charge in [0.1, 0.15) is 6.10 Å². The molecular formula is C30H32N2O2. The van der Waals surface area contributed by atoms with Gasteiger partial charge in [-0.05, 0) is 41.5 Å². The molecule has 34 heavy (non-hydrogen) atoms. The van der Waals surface area contributed by atoms with Crippen LogP contribution >= 0.6 is 0 Å². The van der Waals surface area contributed by atoms with Crippen molar-refractivity contribution in [3.63, 3.8) is 0 Å². The van der Waals surface area contributed by atoms with Crippen LogP contribution in [0.15, 0.2) is 84.9 Å². The summed E-state index contributed by atoms with van der Waals surface area (Å²) in [5.41, 5.74) is 5.05. The average molecular weight is 453 g/mol. The van der Waals surface area contributed by atoms with Gasteiger partial charge in [0.15, 0.2) is 0 Å². The van der Waals surface area contributed by atoms with Gasteiger partial charge in [-0.1, -0.05) is 84.9 Å². The second-order valence-electron chi connectivity index (χ2n) is 10.1. The minimum absolute atomic E-state index is 0.0353. The monoisotopic (exact) mass is 452 g/mol. The van der Waals surface area contributed by atoms with E-state index in [-0.39, 0.29) is 18.2 Å². The van der Waals surface area contributed by atoms with Crippen LogP contribution in [0.1, 0.15) is 41.1 Å². The van der Waals surface area contributed by atoms with Crippen molar-refractivity contribution in [2.24, 2.45) is 11.8 Å². The molecule has 3 aromatic carbocycles. The fourth-order valence-electron chi connectivity index (χ4n) is 6.38. The third-order valence-electron chi connectivity index (χ3n) is 7.94. The van der Waals surface area contributed by atoms with E-state index in [4.69, 9.17) is 4.74 Å². The van der Waals surface area contributed by atoms with Gasteiger partial charge in [0.2, 0.25) is 0 Å². The van der Waals surface area contributed by atoms with E-state index < -0.39 is 0 Å². The summed E-state index contributed by atoms with van der Waals surface area (Å²) in [6.07, 6.45) is 3.06. The lowest BCUT2D eigenvalue weighted by molar-refractivity contribution is -0.0209. The molecule has 3 aromatic rings. The third kappa shape index (κ3) is 4.12. The number of rotatable bonds is 4. The van der Waals surface area contributed by atoms with Gasteiger partial charge in [0, 0.05) is 38.0 Å². The van der Waals surface area contributed by atoms with Gasteiger partial charge < -0.3 is 4.74 Å². The molecule has 3 unspecified atom stereocenters. The summed E-state index contributed by atoms with van der Waals surface area (Å²) < 4.78 is 6.34. The molecule has 6 rings (SSSR count). The number of benzene rings is 3. The summed E-state index contributed by atoms with van der Waals surface area (Å²) in [6.45, 7) is 3.69. The van der Waals surface area contributed by atoms with Crippen molar-refractivity contribution in [3.05, 3.63) is 107 Å². The third-order valence-corrected chi connectivity index (χ3v) is 7.94. The molecule has 1 aliphatic carbocycles. The molecule has 1 saturated heterocycles. The highest BCUT2D eigenvalue weighted by molar-refractivity contribution is 5.70. The number of hydrogen-bond donors (Lipinski definition) is 0. The molecule has 4 nitrogen and oxygen atoms in total. The quantitative estimate of drug-likeness (QED) is 0.510. The SMILES string of the molecule is O=C(OC1C2CCC1CN(Cc1ccccc1)C2)N1CCc2ccccc2C1c1ccccc1. The maximum Gasteiger partial charge on any atom is 0.410 e. The molecule has 0 radical (unpaired) electrons. The van der Waals surface area contributed by atoms with Gasteiger partial charge >= 0.3 is 6.09 Å². The highest BCUT2D eigenvalue weighted by Crippen LogP contribution is 2.41. The van der Waals surface area contributed by atoms with E-state index in [1.165, 1.54) is 16.7 Å². The summed E-state index contributed by atoms with van der Waals surface area (Å²) in [6, 6.07) is 29.5. The molecule has 2 bridgehead atoms. The number of likely N-dealkylation sites (tertiary alicyclic amines) is 1. The first-order chi connectivity index (χ1) is 16.8. The lowest BCUT2D eigenvalue weighted by Gasteiger charge is -2.41. The highest BCUT2D eigenvalue weighted by atomic mass is 16.6. The molecule has 2 aliphatic heterocycles. The first-order valence-electron chi connectivity index (χ1n) is 12.6. The number of hydrogen-bond acceptors (Lipinski definition) is 3. The smallest absolute Gasteiger partial charge is 0.410 e. The number of piperidine rings is 1. The van der Waals surface area contributed by atoms with Crippen molar-refractivity contribution >= 4 is 6.09 Å². The zero-order valence-electron chi connectivity index (χ0n) is 19.6. The first-order valence-corrected chi connectivity index (χ1v) is 12.6. The summed E-state index contributed by atoms with van der Waals surface area (Å²) in [5, 5.41) is 0. The van der Waals surface area contributed by atoms with Gasteiger partial charge in [0.25, 0.3) is 0 Å². The van der Waals surface area contributed by atoms with Crippen LogP contribution in [0.5, 0.6) is 0 Å². The zero-order chi connectivity index (χ0) is 22.9. The Bertz CT molecular complexity index is 1120. The van der Waals surface area contributed by atoms with Gasteiger partial charge in [-0.3, -0.25) is 9.80 Å². The minimum atomic E-state index is -0.151. The first kappa shape index (κ1) is 21.4. The average Bonchev–Trinajstić information content (AvgIpc) is 3.11. The molecule has 4 heteroatoms. The van der Waals surface area contributed by atoms with Crippen LogP contribution in [0.3, 0.4) is 0 Å². The number of fused-ring (bicyclic) bond motifs is 3. The highest BCUT2D eigenvalue weighted by Gasteiger charge is 2.45. The normalized spacial score (nSPS) is 26.2. The Kier molecular flexibility index (Phi) is 5.84.